The second-order valence-electron chi connectivity index (χ2n) is 5.15. The van der Waals surface area contributed by atoms with Gasteiger partial charge in [-0.25, -0.2) is 4.79 Å². The molecule has 1 heterocycles. The molecule has 0 aliphatic carbocycles. The van der Waals surface area contributed by atoms with Crippen molar-refractivity contribution >= 4 is 12.6 Å². The minimum atomic E-state index is -1.59. The second kappa shape index (κ2) is 6.20. The molecule has 2 aromatic rings. The molecular formula is C14H19BN2O4. The molecule has 7 heteroatoms. The molecule has 0 radical (unpaired) electrons. The van der Waals surface area contributed by atoms with Crippen LogP contribution < -0.4 is 15.9 Å². The fourth-order valence-corrected chi connectivity index (χ4v) is 2.22. The normalized spacial score (nSPS) is 11.0. The highest BCUT2D eigenvalue weighted by molar-refractivity contribution is 6.59. The number of ether oxygens (including phenoxy) is 1. The topological polar surface area (TPSA) is 76.6 Å². The molecule has 0 spiro atoms. The van der Waals surface area contributed by atoms with Crippen LogP contribution in [0.3, 0.4) is 0 Å². The number of aromatic nitrogens is 2. The first-order chi connectivity index (χ1) is 9.93. The SMILES string of the molecule is COc1ccc(B(O)O)c(Cn2ccn(C(C)C)c2=O)c1. The predicted molar refractivity (Wildman–Crippen MR) is 81.0 cm³/mol. The summed E-state index contributed by atoms with van der Waals surface area (Å²) in [6.07, 6.45) is 3.41. The van der Waals surface area contributed by atoms with Crippen molar-refractivity contribution in [3.63, 3.8) is 0 Å². The first kappa shape index (κ1) is 15.4. The van der Waals surface area contributed by atoms with Crippen molar-refractivity contribution in [2.24, 2.45) is 0 Å². The van der Waals surface area contributed by atoms with Gasteiger partial charge in [0.1, 0.15) is 5.75 Å². The van der Waals surface area contributed by atoms with Crippen LogP contribution in [0.25, 0.3) is 0 Å². The maximum Gasteiger partial charge on any atom is 0.488 e. The molecule has 0 atom stereocenters. The van der Waals surface area contributed by atoms with Crippen molar-refractivity contribution < 1.29 is 14.8 Å². The number of rotatable bonds is 5. The van der Waals surface area contributed by atoms with Crippen LogP contribution >= 0.6 is 0 Å². The summed E-state index contributed by atoms with van der Waals surface area (Å²) >= 11 is 0. The minimum Gasteiger partial charge on any atom is -0.497 e. The first-order valence-corrected chi connectivity index (χ1v) is 6.74. The lowest BCUT2D eigenvalue weighted by Crippen LogP contribution is -2.35. The van der Waals surface area contributed by atoms with Crippen LogP contribution in [0.5, 0.6) is 5.75 Å². The fraction of sp³-hybridized carbons (Fsp3) is 0.357. The Balaban J connectivity index is 2.41. The maximum atomic E-state index is 12.2. The zero-order chi connectivity index (χ0) is 15.6. The van der Waals surface area contributed by atoms with Gasteiger partial charge in [-0.1, -0.05) is 6.07 Å². The van der Waals surface area contributed by atoms with Crippen LogP contribution in [0, 0.1) is 0 Å². The molecule has 6 nitrogen and oxygen atoms in total. The van der Waals surface area contributed by atoms with Crippen molar-refractivity contribution in [3.8, 4) is 5.75 Å². The molecule has 1 aromatic carbocycles. The van der Waals surface area contributed by atoms with E-state index >= 15 is 0 Å². The summed E-state index contributed by atoms with van der Waals surface area (Å²) in [5, 5.41) is 18.9. The van der Waals surface area contributed by atoms with Crippen LogP contribution in [-0.2, 0) is 6.54 Å². The number of hydrogen-bond acceptors (Lipinski definition) is 4. The second-order valence-corrected chi connectivity index (χ2v) is 5.15. The average Bonchev–Trinajstić information content (AvgIpc) is 2.80. The van der Waals surface area contributed by atoms with E-state index in [2.05, 4.69) is 0 Å². The molecule has 0 bridgehead atoms. The Morgan fingerprint density at radius 3 is 2.52 bits per heavy atom. The Bertz CT molecular complexity index is 676. The van der Waals surface area contributed by atoms with Gasteiger partial charge in [0.25, 0.3) is 0 Å². The van der Waals surface area contributed by atoms with E-state index in [0.717, 1.165) is 0 Å². The van der Waals surface area contributed by atoms with Gasteiger partial charge in [-0.05, 0) is 37.0 Å². The monoisotopic (exact) mass is 290 g/mol. The van der Waals surface area contributed by atoms with E-state index in [9.17, 15) is 14.8 Å². The molecule has 0 saturated carbocycles. The van der Waals surface area contributed by atoms with Gasteiger partial charge in [-0.2, -0.15) is 0 Å². The lowest BCUT2D eigenvalue weighted by atomic mass is 9.77. The summed E-state index contributed by atoms with van der Waals surface area (Å²) in [6.45, 7) is 4.11. The number of imidazole rings is 1. The van der Waals surface area contributed by atoms with E-state index in [-0.39, 0.29) is 18.3 Å². The summed E-state index contributed by atoms with van der Waals surface area (Å²) < 4.78 is 8.29. The third-order valence-corrected chi connectivity index (χ3v) is 3.40. The number of nitrogens with zero attached hydrogens (tertiary/aromatic N) is 2. The number of hydrogen-bond donors (Lipinski definition) is 2. The van der Waals surface area contributed by atoms with Crippen molar-refractivity contribution in [1.82, 2.24) is 9.13 Å². The smallest absolute Gasteiger partial charge is 0.488 e. The van der Waals surface area contributed by atoms with E-state index in [4.69, 9.17) is 4.74 Å². The van der Waals surface area contributed by atoms with E-state index in [1.807, 2.05) is 13.8 Å². The van der Waals surface area contributed by atoms with Crippen molar-refractivity contribution in [1.29, 1.82) is 0 Å². The van der Waals surface area contributed by atoms with Gasteiger partial charge in [0, 0.05) is 18.4 Å². The standard InChI is InChI=1S/C14H19BN2O4/c1-10(2)17-7-6-16(14(17)18)9-11-8-12(21-3)4-5-13(11)15(19)20/h4-8,10,19-20H,9H2,1-3H3. The van der Waals surface area contributed by atoms with Gasteiger partial charge in [0.05, 0.1) is 13.7 Å². The quantitative estimate of drug-likeness (QED) is 0.758. The highest BCUT2D eigenvalue weighted by Gasteiger charge is 2.18. The predicted octanol–water partition coefficient (Wildman–Crippen LogP) is -0.0326. The Morgan fingerprint density at radius 2 is 2.00 bits per heavy atom. The zero-order valence-electron chi connectivity index (χ0n) is 12.4. The molecule has 0 amide bonds. The molecule has 1 aromatic heterocycles. The van der Waals surface area contributed by atoms with Crippen LogP contribution in [-0.4, -0.2) is 33.4 Å². The van der Waals surface area contributed by atoms with E-state index in [0.29, 0.717) is 16.8 Å². The Morgan fingerprint density at radius 1 is 1.29 bits per heavy atom. The Hall–Kier alpha value is -1.99. The highest BCUT2D eigenvalue weighted by Crippen LogP contribution is 2.12. The molecule has 0 unspecified atom stereocenters. The Kier molecular flexibility index (Phi) is 4.54. The molecule has 21 heavy (non-hydrogen) atoms. The van der Waals surface area contributed by atoms with Crippen LogP contribution in [0.2, 0.25) is 0 Å². The van der Waals surface area contributed by atoms with Crippen molar-refractivity contribution in [3.05, 3.63) is 46.6 Å². The number of methoxy groups -OCH3 is 1. The van der Waals surface area contributed by atoms with Gasteiger partial charge in [0.15, 0.2) is 0 Å². The van der Waals surface area contributed by atoms with Gasteiger partial charge in [0.2, 0.25) is 0 Å². The molecule has 2 N–H and O–H groups in total. The van der Waals surface area contributed by atoms with Crippen LogP contribution in [0.1, 0.15) is 25.5 Å². The van der Waals surface area contributed by atoms with Gasteiger partial charge in [-0.3, -0.25) is 9.13 Å². The maximum absolute atomic E-state index is 12.2. The lowest BCUT2D eigenvalue weighted by molar-refractivity contribution is 0.413. The highest BCUT2D eigenvalue weighted by atomic mass is 16.5. The van der Waals surface area contributed by atoms with E-state index < -0.39 is 7.12 Å². The molecular weight excluding hydrogens is 271 g/mol. The lowest BCUT2D eigenvalue weighted by Gasteiger charge is -2.11. The summed E-state index contributed by atoms with van der Waals surface area (Å²) in [5.41, 5.74) is 0.860. The molecule has 112 valence electrons. The van der Waals surface area contributed by atoms with Crippen molar-refractivity contribution in [2.75, 3.05) is 7.11 Å². The number of benzene rings is 1. The van der Waals surface area contributed by atoms with Crippen LogP contribution in [0.15, 0.2) is 35.4 Å². The van der Waals surface area contributed by atoms with E-state index in [1.54, 1.807) is 35.2 Å². The summed E-state index contributed by atoms with van der Waals surface area (Å²) in [6, 6.07) is 5.02. The summed E-state index contributed by atoms with van der Waals surface area (Å²) in [7, 11) is -0.0518. The molecule has 0 aliphatic heterocycles. The Labute approximate surface area is 123 Å². The van der Waals surface area contributed by atoms with Gasteiger partial charge >= 0.3 is 12.8 Å². The summed E-state index contributed by atoms with van der Waals surface area (Å²) in [5.74, 6) is 0.603. The van der Waals surface area contributed by atoms with Crippen molar-refractivity contribution in [2.45, 2.75) is 26.4 Å². The van der Waals surface area contributed by atoms with Gasteiger partial charge in [-0.15, -0.1) is 0 Å². The molecule has 0 aliphatic rings. The minimum absolute atomic E-state index is 0.0759. The largest absolute Gasteiger partial charge is 0.497 e. The molecule has 2 rings (SSSR count). The molecule has 0 fully saturated rings. The fourth-order valence-electron chi connectivity index (χ4n) is 2.22. The first-order valence-electron chi connectivity index (χ1n) is 6.74. The van der Waals surface area contributed by atoms with Crippen LogP contribution in [0.4, 0.5) is 0 Å². The third-order valence-electron chi connectivity index (χ3n) is 3.40. The average molecular weight is 290 g/mol. The third kappa shape index (κ3) is 3.20. The molecule has 0 saturated heterocycles. The van der Waals surface area contributed by atoms with E-state index in [1.165, 1.54) is 11.7 Å². The zero-order valence-corrected chi connectivity index (χ0v) is 12.4. The summed E-state index contributed by atoms with van der Waals surface area (Å²) in [4.78, 5) is 12.2. The van der Waals surface area contributed by atoms with Gasteiger partial charge < -0.3 is 14.8 Å².